The van der Waals surface area contributed by atoms with Gasteiger partial charge in [0.15, 0.2) is 22.9 Å². The summed E-state index contributed by atoms with van der Waals surface area (Å²) in [5, 5.41) is 2.78. The van der Waals surface area contributed by atoms with Gasteiger partial charge >= 0.3 is 0 Å². The molecule has 8 heteroatoms. The van der Waals surface area contributed by atoms with Crippen molar-refractivity contribution in [3.05, 3.63) is 93.9 Å². The predicted molar refractivity (Wildman–Crippen MR) is 109 cm³/mol. The Morgan fingerprint density at radius 1 is 0.935 bits per heavy atom. The standard InChI is InChI=1S/C23H14F3NO4/c1-30-14-6-9-19-16(10-14)18(28)11-20(31-19)12-2-4-13(5-3-12)27-23(29)15-7-8-17(24)22(26)21(15)25/h2-11H,1H3,(H,27,29). The minimum absolute atomic E-state index is 0.249. The Balaban J connectivity index is 1.59. The number of halogens is 3. The number of ether oxygens (including phenoxy) is 1. The number of carbonyl (C=O) groups is 1. The zero-order valence-corrected chi connectivity index (χ0v) is 16.0. The van der Waals surface area contributed by atoms with Gasteiger partial charge in [0.2, 0.25) is 0 Å². The Kier molecular flexibility index (Phi) is 5.21. The summed E-state index contributed by atoms with van der Waals surface area (Å²) in [6, 6.07) is 13.9. The molecule has 0 saturated carbocycles. The molecule has 0 fully saturated rings. The average Bonchev–Trinajstić information content (AvgIpc) is 2.77. The number of amides is 1. The van der Waals surface area contributed by atoms with Crippen LogP contribution in [0, 0.1) is 17.5 Å². The van der Waals surface area contributed by atoms with E-state index in [0.717, 1.165) is 6.07 Å². The third kappa shape index (κ3) is 3.87. The third-order valence-corrected chi connectivity index (χ3v) is 4.64. The van der Waals surface area contributed by atoms with Crippen molar-refractivity contribution in [2.45, 2.75) is 0 Å². The normalized spacial score (nSPS) is 10.8. The molecule has 0 spiro atoms. The van der Waals surface area contributed by atoms with Crippen LogP contribution in [0.1, 0.15) is 10.4 Å². The Morgan fingerprint density at radius 2 is 1.68 bits per heavy atom. The summed E-state index contributed by atoms with van der Waals surface area (Å²) >= 11 is 0. The van der Waals surface area contributed by atoms with Gasteiger partial charge in [0.1, 0.15) is 17.1 Å². The quantitative estimate of drug-likeness (QED) is 0.460. The van der Waals surface area contributed by atoms with Crippen LogP contribution in [0.4, 0.5) is 18.9 Å². The molecular weight excluding hydrogens is 411 g/mol. The van der Waals surface area contributed by atoms with Gasteiger partial charge in [-0.3, -0.25) is 9.59 Å². The zero-order chi connectivity index (χ0) is 22.1. The molecule has 1 heterocycles. The molecule has 0 unspecified atom stereocenters. The zero-order valence-electron chi connectivity index (χ0n) is 16.0. The minimum Gasteiger partial charge on any atom is -0.497 e. The van der Waals surface area contributed by atoms with Crippen LogP contribution in [0.5, 0.6) is 5.75 Å². The molecule has 0 bridgehead atoms. The van der Waals surface area contributed by atoms with Crippen molar-refractivity contribution in [1.29, 1.82) is 0 Å². The topological polar surface area (TPSA) is 68.5 Å². The summed E-state index contributed by atoms with van der Waals surface area (Å²) in [5.74, 6) is -4.75. The largest absolute Gasteiger partial charge is 0.497 e. The molecular formula is C23H14F3NO4. The average molecular weight is 425 g/mol. The summed E-state index contributed by atoms with van der Waals surface area (Å²) in [6.07, 6.45) is 0. The number of carbonyl (C=O) groups excluding carboxylic acids is 1. The smallest absolute Gasteiger partial charge is 0.258 e. The van der Waals surface area contributed by atoms with Crippen molar-refractivity contribution >= 4 is 22.6 Å². The highest BCUT2D eigenvalue weighted by atomic mass is 19.2. The third-order valence-electron chi connectivity index (χ3n) is 4.64. The predicted octanol–water partition coefficient (Wildman–Crippen LogP) is 5.14. The molecule has 156 valence electrons. The first-order chi connectivity index (χ1) is 14.9. The number of hydrogen-bond donors (Lipinski definition) is 1. The van der Waals surface area contributed by atoms with Crippen LogP contribution in [-0.4, -0.2) is 13.0 Å². The first-order valence-corrected chi connectivity index (χ1v) is 9.04. The Bertz CT molecular complexity index is 1360. The number of hydrogen-bond acceptors (Lipinski definition) is 4. The number of benzene rings is 3. The highest BCUT2D eigenvalue weighted by molar-refractivity contribution is 6.04. The fourth-order valence-corrected chi connectivity index (χ4v) is 3.02. The van der Waals surface area contributed by atoms with Gasteiger partial charge in [0.25, 0.3) is 5.91 Å². The van der Waals surface area contributed by atoms with E-state index in [2.05, 4.69) is 5.32 Å². The van der Waals surface area contributed by atoms with Gasteiger partial charge in [-0.25, -0.2) is 13.2 Å². The van der Waals surface area contributed by atoms with Crippen molar-refractivity contribution in [2.75, 3.05) is 12.4 Å². The lowest BCUT2D eigenvalue weighted by Gasteiger charge is -2.08. The Labute approximate surface area is 173 Å². The van der Waals surface area contributed by atoms with Gasteiger partial charge in [-0.1, -0.05) is 0 Å². The van der Waals surface area contributed by atoms with Gasteiger partial charge in [-0.05, 0) is 54.6 Å². The maximum Gasteiger partial charge on any atom is 0.258 e. The van der Waals surface area contributed by atoms with Crippen molar-refractivity contribution < 1.29 is 27.1 Å². The van der Waals surface area contributed by atoms with Crippen molar-refractivity contribution in [2.24, 2.45) is 0 Å². The Hall–Kier alpha value is -4.07. The molecule has 1 N–H and O–H groups in total. The molecule has 4 rings (SSSR count). The molecule has 0 aliphatic rings. The molecule has 4 aromatic rings. The van der Waals surface area contributed by atoms with Crippen molar-refractivity contribution in [3.63, 3.8) is 0 Å². The van der Waals surface area contributed by atoms with E-state index < -0.39 is 28.9 Å². The van der Waals surface area contributed by atoms with Crippen LogP contribution in [0.15, 0.2) is 69.9 Å². The maximum absolute atomic E-state index is 13.8. The number of rotatable bonds is 4. The summed E-state index contributed by atoms with van der Waals surface area (Å²) in [7, 11) is 1.50. The minimum atomic E-state index is -1.72. The van der Waals surface area contributed by atoms with E-state index in [1.54, 1.807) is 30.3 Å². The van der Waals surface area contributed by atoms with E-state index >= 15 is 0 Å². The molecule has 1 amide bonds. The van der Waals surface area contributed by atoms with E-state index in [1.807, 2.05) is 0 Å². The molecule has 0 saturated heterocycles. The molecule has 0 aliphatic heterocycles. The number of methoxy groups -OCH3 is 1. The van der Waals surface area contributed by atoms with Crippen molar-refractivity contribution in [1.82, 2.24) is 0 Å². The lowest BCUT2D eigenvalue weighted by molar-refractivity contribution is 0.102. The summed E-state index contributed by atoms with van der Waals surface area (Å²) < 4.78 is 51.1. The van der Waals surface area contributed by atoms with E-state index in [0.29, 0.717) is 34.1 Å². The van der Waals surface area contributed by atoms with E-state index in [-0.39, 0.29) is 11.1 Å². The summed E-state index contributed by atoms with van der Waals surface area (Å²) in [4.78, 5) is 24.6. The van der Waals surface area contributed by atoms with E-state index in [9.17, 15) is 22.8 Å². The molecule has 5 nitrogen and oxygen atoms in total. The summed E-state index contributed by atoms with van der Waals surface area (Å²) in [6.45, 7) is 0. The molecule has 31 heavy (non-hydrogen) atoms. The molecule has 0 aliphatic carbocycles. The van der Waals surface area contributed by atoms with Crippen LogP contribution in [0.2, 0.25) is 0 Å². The van der Waals surface area contributed by atoms with Gasteiger partial charge < -0.3 is 14.5 Å². The second kappa shape index (κ2) is 7.98. The van der Waals surface area contributed by atoms with Crippen LogP contribution < -0.4 is 15.5 Å². The lowest BCUT2D eigenvalue weighted by atomic mass is 10.1. The van der Waals surface area contributed by atoms with Gasteiger partial charge in [-0.2, -0.15) is 0 Å². The maximum atomic E-state index is 13.8. The fraction of sp³-hybridized carbons (Fsp3) is 0.0435. The van der Waals surface area contributed by atoms with Gasteiger partial charge in [-0.15, -0.1) is 0 Å². The first kappa shape index (κ1) is 20.2. The van der Waals surface area contributed by atoms with Crippen LogP contribution in [0.3, 0.4) is 0 Å². The van der Waals surface area contributed by atoms with Crippen LogP contribution in [-0.2, 0) is 0 Å². The van der Waals surface area contributed by atoms with E-state index in [4.69, 9.17) is 9.15 Å². The molecule has 0 atom stereocenters. The van der Waals surface area contributed by atoms with Crippen LogP contribution >= 0.6 is 0 Å². The second-order valence-electron chi connectivity index (χ2n) is 6.59. The highest BCUT2D eigenvalue weighted by Crippen LogP contribution is 2.26. The number of fused-ring (bicyclic) bond motifs is 1. The molecule has 1 aromatic heterocycles. The first-order valence-electron chi connectivity index (χ1n) is 9.04. The van der Waals surface area contributed by atoms with Crippen molar-refractivity contribution in [3.8, 4) is 17.1 Å². The van der Waals surface area contributed by atoms with Gasteiger partial charge in [0, 0.05) is 17.3 Å². The summed E-state index contributed by atoms with van der Waals surface area (Å²) in [5.41, 5.74) is 0.354. The van der Waals surface area contributed by atoms with E-state index in [1.165, 1.54) is 25.3 Å². The second-order valence-corrected chi connectivity index (χ2v) is 6.59. The number of nitrogens with one attached hydrogen (secondary N) is 1. The highest BCUT2D eigenvalue weighted by Gasteiger charge is 2.19. The van der Waals surface area contributed by atoms with Gasteiger partial charge in [0.05, 0.1) is 18.1 Å². The molecule has 0 radical (unpaired) electrons. The Morgan fingerprint density at radius 3 is 2.39 bits per heavy atom. The fourth-order valence-electron chi connectivity index (χ4n) is 3.02. The number of anilines is 1. The molecule has 3 aromatic carbocycles. The SMILES string of the molecule is COc1ccc2oc(-c3ccc(NC(=O)c4ccc(F)c(F)c4F)cc3)cc(=O)c2c1. The monoisotopic (exact) mass is 425 g/mol. The van der Waals surface area contributed by atoms with Crippen LogP contribution in [0.25, 0.3) is 22.3 Å². The lowest BCUT2D eigenvalue weighted by Crippen LogP contribution is -2.15.